The van der Waals surface area contributed by atoms with Crippen LogP contribution in [0.3, 0.4) is 0 Å². The SMILES string of the molecule is CCCOC(CN(CCC)CCC)OCCC. The fourth-order valence-electron chi connectivity index (χ4n) is 1.79. The molecule has 0 radical (unpaired) electrons. The first-order valence-electron chi connectivity index (χ1n) is 7.23. The van der Waals surface area contributed by atoms with Gasteiger partial charge in [0.1, 0.15) is 0 Å². The number of ether oxygens (including phenoxy) is 2. The predicted molar refractivity (Wildman–Crippen MR) is 73.3 cm³/mol. The van der Waals surface area contributed by atoms with Gasteiger partial charge in [0.25, 0.3) is 0 Å². The van der Waals surface area contributed by atoms with Crippen LogP contribution in [0.1, 0.15) is 53.4 Å². The van der Waals surface area contributed by atoms with Crippen LogP contribution in [-0.4, -0.2) is 44.0 Å². The fourth-order valence-corrected chi connectivity index (χ4v) is 1.79. The molecule has 0 spiro atoms. The van der Waals surface area contributed by atoms with Gasteiger partial charge in [-0.15, -0.1) is 0 Å². The van der Waals surface area contributed by atoms with Gasteiger partial charge in [0.2, 0.25) is 0 Å². The summed E-state index contributed by atoms with van der Waals surface area (Å²) < 4.78 is 11.5. The molecule has 0 rings (SSSR count). The second-order valence-electron chi connectivity index (χ2n) is 4.47. The minimum atomic E-state index is -0.0481. The van der Waals surface area contributed by atoms with Crippen LogP contribution in [0.5, 0.6) is 0 Å². The molecule has 0 aromatic rings. The number of rotatable bonds is 12. The van der Waals surface area contributed by atoms with E-state index in [1.165, 1.54) is 12.8 Å². The summed E-state index contributed by atoms with van der Waals surface area (Å²) in [4.78, 5) is 2.44. The molecule has 0 N–H and O–H groups in total. The molecule has 3 heteroatoms. The molecule has 0 saturated carbocycles. The first-order valence-corrected chi connectivity index (χ1v) is 7.23. The van der Waals surface area contributed by atoms with Gasteiger partial charge in [-0.25, -0.2) is 0 Å². The molecule has 0 aromatic carbocycles. The smallest absolute Gasteiger partial charge is 0.170 e. The van der Waals surface area contributed by atoms with Crippen LogP contribution in [-0.2, 0) is 9.47 Å². The molecule has 3 nitrogen and oxygen atoms in total. The van der Waals surface area contributed by atoms with E-state index in [1.54, 1.807) is 0 Å². The number of hydrogen-bond acceptors (Lipinski definition) is 3. The summed E-state index contributed by atoms with van der Waals surface area (Å²) in [6.07, 6.45) is 4.43. The van der Waals surface area contributed by atoms with Crippen molar-refractivity contribution in [3.63, 3.8) is 0 Å². The van der Waals surface area contributed by atoms with Crippen molar-refractivity contribution in [2.24, 2.45) is 0 Å². The Bertz CT molecular complexity index is 139. The van der Waals surface area contributed by atoms with Crippen LogP contribution in [0.2, 0.25) is 0 Å². The van der Waals surface area contributed by atoms with E-state index in [0.717, 1.165) is 45.7 Å². The maximum absolute atomic E-state index is 5.75. The highest BCUT2D eigenvalue weighted by Gasteiger charge is 2.13. The Labute approximate surface area is 107 Å². The molecule has 0 aliphatic carbocycles. The van der Waals surface area contributed by atoms with Crippen LogP contribution < -0.4 is 0 Å². The van der Waals surface area contributed by atoms with Crippen molar-refractivity contribution in [2.45, 2.75) is 59.7 Å². The fraction of sp³-hybridized carbons (Fsp3) is 1.00. The van der Waals surface area contributed by atoms with E-state index in [0.29, 0.717) is 0 Å². The van der Waals surface area contributed by atoms with Crippen LogP contribution in [0, 0.1) is 0 Å². The molecule has 17 heavy (non-hydrogen) atoms. The highest BCUT2D eigenvalue weighted by atomic mass is 16.7. The second-order valence-corrected chi connectivity index (χ2v) is 4.47. The largest absolute Gasteiger partial charge is 0.351 e. The zero-order chi connectivity index (χ0) is 12.9. The van der Waals surface area contributed by atoms with Gasteiger partial charge in [0.05, 0.1) is 0 Å². The third-order valence-electron chi connectivity index (χ3n) is 2.50. The monoisotopic (exact) mass is 245 g/mol. The van der Waals surface area contributed by atoms with Crippen molar-refractivity contribution in [3.05, 3.63) is 0 Å². The van der Waals surface area contributed by atoms with Crippen LogP contribution in [0.25, 0.3) is 0 Å². The van der Waals surface area contributed by atoms with E-state index in [9.17, 15) is 0 Å². The zero-order valence-electron chi connectivity index (χ0n) is 12.2. The van der Waals surface area contributed by atoms with Crippen LogP contribution in [0.15, 0.2) is 0 Å². The van der Waals surface area contributed by atoms with Crippen molar-refractivity contribution in [3.8, 4) is 0 Å². The Morgan fingerprint density at radius 3 is 1.59 bits per heavy atom. The summed E-state index contributed by atoms with van der Waals surface area (Å²) in [5.41, 5.74) is 0. The van der Waals surface area contributed by atoms with Crippen molar-refractivity contribution >= 4 is 0 Å². The Balaban J connectivity index is 4.04. The Morgan fingerprint density at radius 1 is 0.765 bits per heavy atom. The molecule has 0 unspecified atom stereocenters. The molecule has 0 aliphatic heterocycles. The number of nitrogens with zero attached hydrogens (tertiary/aromatic N) is 1. The molecule has 0 saturated heterocycles. The van der Waals surface area contributed by atoms with Gasteiger partial charge in [-0.3, -0.25) is 4.90 Å². The van der Waals surface area contributed by atoms with E-state index >= 15 is 0 Å². The van der Waals surface area contributed by atoms with Crippen LogP contribution >= 0.6 is 0 Å². The molecule has 0 heterocycles. The lowest BCUT2D eigenvalue weighted by atomic mass is 10.3. The van der Waals surface area contributed by atoms with E-state index in [1.807, 2.05) is 0 Å². The predicted octanol–water partition coefficient (Wildman–Crippen LogP) is 3.29. The van der Waals surface area contributed by atoms with Gasteiger partial charge in [-0.2, -0.15) is 0 Å². The molecule has 0 aromatic heterocycles. The Morgan fingerprint density at radius 2 is 1.24 bits per heavy atom. The summed E-state index contributed by atoms with van der Waals surface area (Å²) in [7, 11) is 0. The van der Waals surface area contributed by atoms with E-state index in [4.69, 9.17) is 9.47 Å². The summed E-state index contributed by atoms with van der Waals surface area (Å²) in [5, 5.41) is 0. The third-order valence-corrected chi connectivity index (χ3v) is 2.50. The topological polar surface area (TPSA) is 21.7 Å². The maximum atomic E-state index is 5.75. The van der Waals surface area contributed by atoms with Gasteiger partial charge < -0.3 is 9.47 Å². The van der Waals surface area contributed by atoms with Crippen LogP contribution in [0.4, 0.5) is 0 Å². The average molecular weight is 245 g/mol. The number of hydrogen-bond donors (Lipinski definition) is 0. The molecule has 0 aliphatic rings. The van der Waals surface area contributed by atoms with Crippen molar-refractivity contribution in [2.75, 3.05) is 32.8 Å². The molecule has 0 fully saturated rings. The second kappa shape index (κ2) is 12.3. The molecular formula is C14H31NO2. The molecule has 0 amide bonds. The van der Waals surface area contributed by atoms with Gasteiger partial charge in [-0.05, 0) is 38.8 Å². The lowest BCUT2D eigenvalue weighted by Gasteiger charge is -2.27. The normalized spacial score (nSPS) is 11.6. The first-order chi connectivity index (χ1) is 8.28. The zero-order valence-corrected chi connectivity index (χ0v) is 12.2. The minimum absolute atomic E-state index is 0.0481. The van der Waals surface area contributed by atoms with Gasteiger partial charge in [0, 0.05) is 19.8 Å². The molecule has 0 bridgehead atoms. The van der Waals surface area contributed by atoms with Gasteiger partial charge >= 0.3 is 0 Å². The Hall–Kier alpha value is -0.120. The maximum Gasteiger partial charge on any atom is 0.170 e. The highest BCUT2D eigenvalue weighted by Crippen LogP contribution is 2.03. The van der Waals surface area contributed by atoms with Crippen molar-refractivity contribution in [1.29, 1.82) is 0 Å². The molecule has 104 valence electrons. The summed E-state index contributed by atoms with van der Waals surface area (Å²) >= 11 is 0. The minimum Gasteiger partial charge on any atom is -0.351 e. The summed E-state index contributed by atoms with van der Waals surface area (Å²) in [6.45, 7) is 13.5. The quantitative estimate of drug-likeness (QED) is 0.492. The molecular weight excluding hydrogens is 214 g/mol. The highest BCUT2D eigenvalue weighted by molar-refractivity contribution is 4.59. The summed E-state index contributed by atoms with van der Waals surface area (Å²) in [5.74, 6) is 0. The summed E-state index contributed by atoms with van der Waals surface area (Å²) in [6, 6.07) is 0. The van der Waals surface area contributed by atoms with E-state index < -0.39 is 0 Å². The molecule has 0 atom stereocenters. The first kappa shape index (κ1) is 16.9. The third kappa shape index (κ3) is 9.57. The van der Waals surface area contributed by atoms with Gasteiger partial charge in [0.15, 0.2) is 6.29 Å². The van der Waals surface area contributed by atoms with Crippen molar-refractivity contribution < 1.29 is 9.47 Å². The van der Waals surface area contributed by atoms with Crippen molar-refractivity contribution in [1.82, 2.24) is 4.90 Å². The lowest BCUT2D eigenvalue weighted by Crippen LogP contribution is -2.37. The average Bonchev–Trinajstić information content (AvgIpc) is 2.33. The standard InChI is InChI=1S/C14H31NO2/c1-5-9-15(10-6-2)13-14(16-11-7-3)17-12-8-4/h14H,5-13H2,1-4H3. The Kier molecular flexibility index (Phi) is 12.3. The van der Waals surface area contributed by atoms with E-state index in [-0.39, 0.29) is 6.29 Å². The van der Waals surface area contributed by atoms with E-state index in [2.05, 4.69) is 32.6 Å². The van der Waals surface area contributed by atoms with Gasteiger partial charge in [-0.1, -0.05) is 27.7 Å². The lowest BCUT2D eigenvalue weighted by molar-refractivity contribution is -0.153.